The minimum Gasteiger partial charge on any atom is -0.467 e. The summed E-state index contributed by atoms with van der Waals surface area (Å²) in [7, 11) is 1.23. The first-order valence-electron chi connectivity index (χ1n) is 9.41. The van der Waals surface area contributed by atoms with Crippen LogP contribution in [0.25, 0.3) is 11.8 Å². The van der Waals surface area contributed by atoms with E-state index in [4.69, 9.17) is 0 Å². The third-order valence-corrected chi connectivity index (χ3v) is 6.00. The monoisotopic (exact) mass is 412 g/mol. The lowest BCUT2D eigenvalue weighted by Gasteiger charge is -2.18. The maximum absolute atomic E-state index is 12.7. The summed E-state index contributed by atoms with van der Waals surface area (Å²) in [5, 5.41) is -0.469. The second kappa shape index (κ2) is 8.29. The number of methoxy groups -OCH3 is 1. The third-order valence-electron chi connectivity index (χ3n) is 5.11. The van der Waals surface area contributed by atoms with Gasteiger partial charge in [0.2, 0.25) is 0 Å². The highest BCUT2D eigenvalue weighted by molar-refractivity contribution is 8.18. The van der Waals surface area contributed by atoms with Gasteiger partial charge in [-0.15, -0.1) is 0 Å². The molecule has 0 spiro atoms. The Balaban J connectivity index is 1.94. The van der Waals surface area contributed by atoms with Crippen LogP contribution in [0.15, 0.2) is 35.2 Å². The first kappa shape index (κ1) is 20.9. The Kier molecular flexibility index (Phi) is 5.98. The molecule has 7 heteroatoms. The molecule has 1 aromatic carbocycles. The lowest BCUT2D eigenvalue weighted by atomic mass is 10.1. The minimum absolute atomic E-state index is 0.298. The van der Waals surface area contributed by atoms with Crippen molar-refractivity contribution in [3.63, 3.8) is 0 Å². The van der Waals surface area contributed by atoms with Gasteiger partial charge >= 0.3 is 5.97 Å². The van der Waals surface area contributed by atoms with E-state index in [1.54, 1.807) is 6.08 Å². The van der Waals surface area contributed by atoms with Gasteiger partial charge in [-0.3, -0.25) is 14.5 Å². The van der Waals surface area contributed by atoms with Gasteiger partial charge in [0, 0.05) is 17.1 Å². The van der Waals surface area contributed by atoms with Gasteiger partial charge in [-0.1, -0.05) is 19.1 Å². The van der Waals surface area contributed by atoms with Gasteiger partial charge in [-0.2, -0.15) is 0 Å². The van der Waals surface area contributed by atoms with Crippen molar-refractivity contribution in [1.29, 1.82) is 0 Å². The van der Waals surface area contributed by atoms with Crippen molar-refractivity contribution in [1.82, 2.24) is 9.47 Å². The van der Waals surface area contributed by atoms with Crippen LogP contribution in [0.5, 0.6) is 0 Å². The number of ether oxygens (including phenoxy) is 1. The lowest BCUT2D eigenvalue weighted by Crippen LogP contribution is -2.42. The average Bonchev–Trinajstić information content (AvgIpc) is 3.15. The summed E-state index contributed by atoms with van der Waals surface area (Å²) in [6.45, 7) is 7.58. The molecular formula is C22H24N2O4S. The first-order valence-corrected chi connectivity index (χ1v) is 10.2. The highest BCUT2D eigenvalue weighted by Crippen LogP contribution is 2.35. The molecule has 1 saturated heterocycles. The molecule has 2 heterocycles. The van der Waals surface area contributed by atoms with Crippen molar-refractivity contribution < 1.29 is 19.1 Å². The normalized spacial score (nSPS) is 16.6. The van der Waals surface area contributed by atoms with Gasteiger partial charge in [0.05, 0.1) is 12.0 Å². The second-order valence-electron chi connectivity index (χ2n) is 6.93. The van der Waals surface area contributed by atoms with Crippen LogP contribution in [-0.4, -0.2) is 39.7 Å². The predicted molar refractivity (Wildman–Crippen MR) is 114 cm³/mol. The van der Waals surface area contributed by atoms with Gasteiger partial charge in [0.15, 0.2) is 0 Å². The molecule has 0 bridgehead atoms. The van der Waals surface area contributed by atoms with E-state index in [1.165, 1.54) is 19.6 Å². The van der Waals surface area contributed by atoms with Crippen molar-refractivity contribution in [2.24, 2.45) is 0 Å². The van der Waals surface area contributed by atoms with Crippen molar-refractivity contribution in [2.45, 2.75) is 40.2 Å². The molecule has 1 aliphatic rings. The van der Waals surface area contributed by atoms with Crippen molar-refractivity contribution in [3.8, 4) is 5.69 Å². The largest absolute Gasteiger partial charge is 0.467 e. The summed E-state index contributed by atoms with van der Waals surface area (Å²) in [6, 6.07) is 9.40. The van der Waals surface area contributed by atoms with E-state index in [9.17, 15) is 14.4 Å². The van der Waals surface area contributed by atoms with Crippen LogP contribution >= 0.6 is 11.8 Å². The molecule has 152 valence electrons. The molecule has 1 unspecified atom stereocenters. The minimum atomic E-state index is -0.956. The summed E-state index contributed by atoms with van der Waals surface area (Å²) in [5.41, 5.74) is 5.17. The Hall–Kier alpha value is -2.80. The number of benzene rings is 1. The summed E-state index contributed by atoms with van der Waals surface area (Å²) in [4.78, 5) is 38.0. The number of thioether (sulfide) groups is 1. The maximum atomic E-state index is 12.7. The highest BCUT2D eigenvalue weighted by Gasteiger charge is 2.41. The number of aryl methyl sites for hydroxylation is 2. The number of hydrogen-bond donors (Lipinski definition) is 0. The van der Waals surface area contributed by atoms with E-state index in [2.05, 4.69) is 40.5 Å². The molecule has 2 aromatic rings. The zero-order valence-corrected chi connectivity index (χ0v) is 18.0. The lowest BCUT2D eigenvalue weighted by molar-refractivity contribution is -0.148. The fourth-order valence-corrected chi connectivity index (χ4v) is 4.34. The van der Waals surface area contributed by atoms with Crippen molar-refractivity contribution >= 4 is 35.0 Å². The van der Waals surface area contributed by atoms with E-state index in [0.29, 0.717) is 4.91 Å². The number of aromatic nitrogens is 1. The van der Waals surface area contributed by atoms with Gasteiger partial charge in [0.1, 0.15) is 6.04 Å². The van der Waals surface area contributed by atoms with Crippen molar-refractivity contribution in [3.05, 3.63) is 57.8 Å². The molecule has 1 aliphatic heterocycles. The van der Waals surface area contributed by atoms with Crippen LogP contribution in [-0.2, 0) is 20.7 Å². The van der Waals surface area contributed by atoms with Gasteiger partial charge in [-0.05, 0) is 74.4 Å². The predicted octanol–water partition coefficient (Wildman–Crippen LogP) is 4.25. The fraction of sp³-hybridized carbons (Fsp3) is 0.318. The molecule has 1 aromatic heterocycles. The maximum Gasteiger partial charge on any atom is 0.328 e. The molecule has 6 nitrogen and oxygen atoms in total. The Bertz CT molecular complexity index is 1000. The molecule has 29 heavy (non-hydrogen) atoms. The Morgan fingerprint density at radius 3 is 2.45 bits per heavy atom. The molecule has 0 radical (unpaired) electrons. The van der Waals surface area contributed by atoms with Crippen LogP contribution < -0.4 is 0 Å². The fourth-order valence-electron chi connectivity index (χ4n) is 3.44. The van der Waals surface area contributed by atoms with Crippen LogP contribution in [0.4, 0.5) is 4.79 Å². The smallest absolute Gasteiger partial charge is 0.328 e. The number of nitrogens with zero attached hydrogens (tertiary/aromatic N) is 2. The molecule has 0 saturated carbocycles. The quantitative estimate of drug-likeness (QED) is 0.542. The SMILES string of the molecule is CCc1ccc(-n2c(C)cc(/C=C3/SC(=O)N(C(C)C(=O)OC)C3=O)c2C)cc1. The number of carbonyl (C=O) groups is 3. The number of hydrogen-bond acceptors (Lipinski definition) is 5. The number of esters is 1. The van der Waals surface area contributed by atoms with E-state index in [-0.39, 0.29) is 0 Å². The van der Waals surface area contributed by atoms with Crippen molar-refractivity contribution in [2.75, 3.05) is 7.11 Å². The summed E-state index contributed by atoms with van der Waals surface area (Å²) in [6.07, 6.45) is 2.70. The standard InChI is InChI=1S/C22H24N2O4S/c1-6-16-7-9-18(10-8-16)23-13(2)11-17(14(23)3)12-19-20(25)24(22(27)29-19)15(4)21(26)28-5/h7-12,15H,6H2,1-5H3/b19-12+. The molecular weight excluding hydrogens is 388 g/mol. The first-order chi connectivity index (χ1) is 13.8. The Morgan fingerprint density at radius 1 is 1.21 bits per heavy atom. The molecule has 0 aliphatic carbocycles. The second-order valence-corrected chi connectivity index (χ2v) is 7.93. The van der Waals surface area contributed by atoms with Crippen LogP contribution in [0.2, 0.25) is 0 Å². The molecule has 2 amide bonds. The van der Waals surface area contributed by atoms with E-state index in [1.807, 2.05) is 19.9 Å². The Labute approximate surface area is 174 Å². The molecule has 1 fully saturated rings. The zero-order valence-electron chi connectivity index (χ0n) is 17.2. The Morgan fingerprint density at radius 2 is 1.86 bits per heavy atom. The van der Waals surface area contributed by atoms with Gasteiger partial charge < -0.3 is 9.30 Å². The average molecular weight is 413 g/mol. The van der Waals surface area contributed by atoms with E-state index < -0.39 is 23.2 Å². The van der Waals surface area contributed by atoms with Gasteiger partial charge in [0.25, 0.3) is 11.1 Å². The van der Waals surface area contributed by atoms with Gasteiger partial charge in [-0.25, -0.2) is 4.79 Å². The topological polar surface area (TPSA) is 68.6 Å². The van der Waals surface area contributed by atoms with Crippen LogP contribution in [0, 0.1) is 13.8 Å². The summed E-state index contributed by atoms with van der Waals surface area (Å²) < 4.78 is 6.78. The number of carbonyl (C=O) groups excluding carboxylic acids is 3. The third kappa shape index (κ3) is 3.87. The zero-order chi connectivity index (χ0) is 21.3. The summed E-state index contributed by atoms with van der Waals surface area (Å²) >= 11 is 0.839. The highest BCUT2D eigenvalue weighted by atomic mass is 32.2. The van der Waals surface area contributed by atoms with Crippen LogP contribution in [0.1, 0.15) is 36.4 Å². The van der Waals surface area contributed by atoms with E-state index >= 15 is 0 Å². The van der Waals surface area contributed by atoms with E-state index in [0.717, 1.165) is 45.7 Å². The summed E-state index contributed by atoms with van der Waals surface area (Å²) in [5.74, 6) is -1.10. The molecule has 0 N–H and O–H groups in total. The number of rotatable bonds is 5. The number of imide groups is 1. The molecule has 3 rings (SSSR count). The number of amides is 2. The molecule has 1 atom stereocenters. The van der Waals surface area contributed by atoms with Crippen LogP contribution in [0.3, 0.4) is 0 Å².